The second-order valence-electron chi connectivity index (χ2n) is 7.64. The molecule has 1 aliphatic heterocycles. The molecule has 3 aromatic rings. The molecule has 1 amide bonds. The van der Waals surface area contributed by atoms with E-state index in [4.69, 9.17) is 9.72 Å². The number of ether oxygens (including phenoxy) is 1. The molecular formula is C23H26IN3O2S. The van der Waals surface area contributed by atoms with Gasteiger partial charge >= 0.3 is 0 Å². The molecule has 2 heterocycles. The highest BCUT2D eigenvalue weighted by Gasteiger charge is 2.23. The maximum atomic E-state index is 13.5. The Bertz CT molecular complexity index is 1010. The first kappa shape index (κ1) is 21.7. The van der Waals surface area contributed by atoms with E-state index in [0.29, 0.717) is 6.54 Å². The van der Waals surface area contributed by atoms with Gasteiger partial charge in [0.1, 0.15) is 0 Å². The molecule has 0 bridgehead atoms. The van der Waals surface area contributed by atoms with Crippen molar-refractivity contribution in [3.63, 3.8) is 0 Å². The van der Waals surface area contributed by atoms with Gasteiger partial charge in [-0.2, -0.15) is 0 Å². The predicted molar refractivity (Wildman–Crippen MR) is 132 cm³/mol. The van der Waals surface area contributed by atoms with Gasteiger partial charge in [-0.3, -0.25) is 14.6 Å². The molecule has 0 atom stereocenters. The van der Waals surface area contributed by atoms with Gasteiger partial charge in [0.25, 0.3) is 5.91 Å². The van der Waals surface area contributed by atoms with Crippen LogP contribution in [0, 0.1) is 17.4 Å². The average Bonchev–Trinajstić information content (AvgIpc) is 3.14. The number of morpholine rings is 1. The second-order valence-corrected chi connectivity index (χ2v) is 9.82. The molecule has 7 heteroatoms. The largest absolute Gasteiger partial charge is 0.379 e. The number of hydrogen-bond donors (Lipinski definition) is 0. The highest BCUT2D eigenvalue weighted by molar-refractivity contribution is 14.1. The average molecular weight is 535 g/mol. The minimum absolute atomic E-state index is 0.0227. The van der Waals surface area contributed by atoms with Crippen LogP contribution in [0.2, 0.25) is 0 Å². The van der Waals surface area contributed by atoms with Crippen LogP contribution in [0.25, 0.3) is 10.2 Å². The van der Waals surface area contributed by atoms with E-state index in [-0.39, 0.29) is 5.91 Å². The molecule has 4 rings (SSSR count). The molecule has 158 valence electrons. The summed E-state index contributed by atoms with van der Waals surface area (Å²) in [5.74, 6) is 0.0227. The molecule has 0 saturated carbocycles. The van der Waals surface area contributed by atoms with Crippen molar-refractivity contribution in [3.05, 3.63) is 56.7 Å². The van der Waals surface area contributed by atoms with Crippen molar-refractivity contribution in [2.75, 3.05) is 44.3 Å². The number of aryl methyl sites for hydroxylation is 2. The fourth-order valence-corrected chi connectivity index (χ4v) is 5.31. The van der Waals surface area contributed by atoms with E-state index in [1.54, 1.807) is 11.3 Å². The zero-order valence-electron chi connectivity index (χ0n) is 17.4. The Labute approximate surface area is 195 Å². The molecular weight excluding hydrogens is 509 g/mol. The highest BCUT2D eigenvalue weighted by atomic mass is 127. The third-order valence-electron chi connectivity index (χ3n) is 5.53. The fourth-order valence-electron chi connectivity index (χ4n) is 3.62. The molecule has 0 N–H and O–H groups in total. The van der Waals surface area contributed by atoms with Gasteiger partial charge in [0, 0.05) is 29.7 Å². The van der Waals surface area contributed by atoms with E-state index < -0.39 is 0 Å². The summed E-state index contributed by atoms with van der Waals surface area (Å²) in [5, 5.41) is 0.779. The summed E-state index contributed by atoms with van der Waals surface area (Å²) in [6.45, 7) is 9.34. The van der Waals surface area contributed by atoms with E-state index in [1.165, 1.54) is 11.1 Å². The molecule has 2 aromatic carbocycles. The molecule has 0 aliphatic carbocycles. The SMILES string of the molecule is Cc1cc2nc(N(CCCN3CCOCC3)C(=O)c3ccccc3I)sc2cc1C. The van der Waals surface area contributed by atoms with Crippen molar-refractivity contribution < 1.29 is 9.53 Å². The van der Waals surface area contributed by atoms with Crippen LogP contribution >= 0.6 is 33.9 Å². The Morgan fingerprint density at radius 2 is 1.93 bits per heavy atom. The Morgan fingerprint density at radius 1 is 1.20 bits per heavy atom. The van der Waals surface area contributed by atoms with E-state index >= 15 is 0 Å². The maximum Gasteiger partial charge on any atom is 0.261 e. The van der Waals surface area contributed by atoms with Crippen LogP contribution in [0.5, 0.6) is 0 Å². The minimum Gasteiger partial charge on any atom is -0.379 e. The lowest BCUT2D eigenvalue weighted by Crippen LogP contribution is -2.39. The Kier molecular flexibility index (Phi) is 7.02. The van der Waals surface area contributed by atoms with Gasteiger partial charge in [-0.15, -0.1) is 0 Å². The van der Waals surface area contributed by atoms with Crippen LogP contribution in [0.15, 0.2) is 36.4 Å². The first-order valence-corrected chi connectivity index (χ1v) is 12.2. The zero-order chi connectivity index (χ0) is 21.1. The number of benzene rings is 2. The van der Waals surface area contributed by atoms with E-state index in [9.17, 15) is 4.79 Å². The van der Waals surface area contributed by atoms with Crippen LogP contribution in [0.3, 0.4) is 0 Å². The number of amides is 1. The molecule has 0 unspecified atom stereocenters. The second kappa shape index (κ2) is 9.72. The first-order valence-electron chi connectivity index (χ1n) is 10.3. The van der Waals surface area contributed by atoms with Crippen LogP contribution in [0.4, 0.5) is 5.13 Å². The third kappa shape index (κ3) is 4.85. The third-order valence-corrected chi connectivity index (χ3v) is 7.51. The van der Waals surface area contributed by atoms with Crippen LogP contribution in [-0.2, 0) is 4.74 Å². The predicted octanol–water partition coefficient (Wildman–Crippen LogP) is 4.89. The number of halogens is 1. The zero-order valence-corrected chi connectivity index (χ0v) is 20.3. The lowest BCUT2D eigenvalue weighted by molar-refractivity contribution is 0.0376. The molecule has 5 nitrogen and oxygen atoms in total. The lowest BCUT2D eigenvalue weighted by atomic mass is 10.1. The van der Waals surface area contributed by atoms with E-state index in [1.807, 2.05) is 29.2 Å². The van der Waals surface area contributed by atoms with Gasteiger partial charge < -0.3 is 4.74 Å². The summed E-state index contributed by atoms with van der Waals surface area (Å²) >= 11 is 3.84. The minimum atomic E-state index is 0.0227. The molecule has 0 spiro atoms. The van der Waals surface area contributed by atoms with Gasteiger partial charge in [0.2, 0.25) is 0 Å². The number of anilines is 1. The maximum absolute atomic E-state index is 13.5. The summed E-state index contributed by atoms with van der Waals surface area (Å²) in [6, 6.07) is 12.1. The molecule has 30 heavy (non-hydrogen) atoms. The van der Waals surface area contributed by atoms with Crippen molar-refractivity contribution >= 4 is 55.2 Å². The van der Waals surface area contributed by atoms with E-state index in [0.717, 1.165) is 63.8 Å². The number of thiazole rings is 1. The summed E-state index contributed by atoms with van der Waals surface area (Å²) in [7, 11) is 0. The normalized spacial score (nSPS) is 14.9. The summed E-state index contributed by atoms with van der Waals surface area (Å²) in [5.41, 5.74) is 4.17. The van der Waals surface area contributed by atoms with Crippen molar-refractivity contribution in [1.82, 2.24) is 9.88 Å². The quantitative estimate of drug-likeness (QED) is 0.422. The van der Waals surface area contributed by atoms with Crippen molar-refractivity contribution in [1.29, 1.82) is 0 Å². The highest BCUT2D eigenvalue weighted by Crippen LogP contribution is 2.32. The van der Waals surface area contributed by atoms with Crippen LogP contribution in [-0.4, -0.2) is 55.2 Å². The topological polar surface area (TPSA) is 45.7 Å². The standard InChI is InChI=1S/C23H26IN3O2S/c1-16-14-20-21(15-17(16)2)30-23(25-20)27(9-5-8-26-10-12-29-13-11-26)22(28)18-6-3-4-7-19(18)24/h3-4,6-7,14-15H,5,8-13H2,1-2H3. The molecule has 1 aromatic heterocycles. The number of nitrogens with zero attached hydrogens (tertiary/aromatic N) is 3. The number of aromatic nitrogens is 1. The number of fused-ring (bicyclic) bond motifs is 1. The molecule has 1 saturated heterocycles. The van der Waals surface area contributed by atoms with Gasteiger partial charge in [-0.05, 0) is 78.3 Å². The van der Waals surface area contributed by atoms with Crippen molar-refractivity contribution in [2.45, 2.75) is 20.3 Å². The van der Waals surface area contributed by atoms with Crippen LogP contribution in [0.1, 0.15) is 27.9 Å². The first-order chi connectivity index (χ1) is 14.5. The molecule has 1 fully saturated rings. The van der Waals surface area contributed by atoms with E-state index in [2.05, 4.69) is 53.5 Å². The smallest absolute Gasteiger partial charge is 0.261 e. The van der Waals surface area contributed by atoms with Crippen molar-refractivity contribution in [3.8, 4) is 0 Å². The van der Waals surface area contributed by atoms with Crippen LogP contribution < -0.4 is 4.90 Å². The molecule has 0 radical (unpaired) electrons. The molecule has 1 aliphatic rings. The summed E-state index contributed by atoms with van der Waals surface area (Å²) < 4.78 is 7.53. The van der Waals surface area contributed by atoms with Crippen molar-refractivity contribution in [2.24, 2.45) is 0 Å². The van der Waals surface area contributed by atoms with Gasteiger partial charge in [-0.1, -0.05) is 23.5 Å². The Balaban J connectivity index is 1.61. The summed E-state index contributed by atoms with van der Waals surface area (Å²) in [4.78, 5) is 22.6. The number of rotatable bonds is 6. The lowest BCUT2D eigenvalue weighted by Gasteiger charge is -2.27. The number of hydrogen-bond acceptors (Lipinski definition) is 5. The van der Waals surface area contributed by atoms with Gasteiger partial charge in [0.05, 0.1) is 29.0 Å². The van der Waals surface area contributed by atoms with Gasteiger partial charge in [0.15, 0.2) is 5.13 Å². The number of carbonyl (C=O) groups is 1. The summed E-state index contributed by atoms with van der Waals surface area (Å²) in [6.07, 6.45) is 0.906. The van der Waals surface area contributed by atoms with Gasteiger partial charge in [-0.25, -0.2) is 4.98 Å². The Hall–Kier alpha value is -1.55. The fraction of sp³-hybridized carbons (Fsp3) is 0.391. The number of carbonyl (C=O) groups excluding carboxylic acids is 1. The monoisotopic (exact) mass is 535 g/mol. The Morgan fingerprint density at radius 3 is 2.70 bits per heavy atom.